The normalized spacial score (nSPS) is 12.6. The first kappa shape index (κ1) is 19.6. The molecule has 6 heteroatoms. The Morgan fingerprint density at radius 3 is 2.44 bits per heavy atom. The van der Waals surface area contributed by atoms with Crippen molar-refractivity contribution in [3.63, 3.8) is 0 Å². The SMILES string of the molecule is Cc1ccc(C)c(CSc2nnc([C@@H](C)N(C)C)n2-c2ccc(F)cc2)c1. The molecule has 0 unspecified atom stereocenters. The van der Waals surface area contributed by atoms with Gasteiger partial charge < -0.3 is 0 Å². The van der Waals surface area contributed by atoms with Gasteiger partial charge in [-0.05, 0) is 70.3 Å². The highest BCUT2D eigenvalue weighted by molar-refractivity contribution is 7.98. The average molecular weight is 385 g/mol. The molecule has 0 amide bonds. The zero-order valence-electron chi connectivity index (χ0n) is 16.4. The molecule has 0 bridgehead atoms. The minimum atomic E-state index is -0.251. The number of aryl methyl sites for hydroxylation is 2. The van der Waals surface area contributed by atoms with Gasteiger partial charge in [-0.2, -0.15) is 0 Å². The van der Waals surface area contributed by atoms with Gasteiger partial charge in [0.2, 0.25) is 0 Å². The third kappa shape index (κ3) is 4.39. The highest BCUT2D eigenvalue weighted by atomic mass is 32.2. The largest absolute Gasteiger partial charge is 0.300 e. The minimum absolute atomic E-state index is 0.0811. The van der Waals surface area contributed by atoms with Crippen LogP contribution in [0, 0.1) is 19.7 Å². The van der Waals surface area contributed by atoms with E-state index in [0.29, 0.717) is 0 Å². The van der Waals surface area contributed by atoms with Crippen LogP contribution in [-0.4, -0.2) is 33.8 Å². The number of benzene rings is 2. The van der Waals surface area contributed by atoms with Gasteiger partial charge in [0.25, 0.3) is 0 Å². The summed E-state index contributed by atoms with van der Waals surface area (Å²) in [6, 6.07) is 13.1. The van der Waals surface area contributed by atoms with Crippen LogP contribution in [0.4, 0.5) is 4.39 Å². The molecule has 3 rings (SSSR count). The van der Waals surface area contributed by atoms with Gasteiger partial charge in [0, 0.05) is 11.4 Å². The van der Waals surface area contributed by atoms with Crippen LogP contribution in [0.2, 0.25) is 0 Å². The third-order valence-electron chi connectivity index (χ3n) is 4.75. The Hall–Kier alpha value is -2.18. The summed E-state index contributed by atoms with van der Waals surface area (Å²) >= 11 is 1.65. The molecule has 1 aromatic heterocycles. The molecule has 0 saturated heterocycles. The summed E-state index contributed by atoms with van der Waals surface area (Å²) in [7, 11) is 4.02. The van der Waals surface area contributed by atoms with Crippen LogP contribution in [0.1, 0.15) is 35.5 Å². The van der Waals surface area contributed by atoms with Gasteiger partial charge in [-0.25, -0.2) is 4.39 Å². The molecule has 2 aromatic carbocycles. The van der Waals surface area contributed by atoms with E-state index >= 15 is 0 Å². The smallest absolute Gasteiger partial charge is 0.196 e. The van der Waals surface area contributed by atoms with Crippen LogP contribution in [0.5, 0.6) is 0 Å². The van der Waals surface area contributed by atoms with Crippen molar-refractivity contribution in [2.75, 3.05) is 14.1 Å². The van der Waals surface area contributed by atoms with Crippen molar-refractivity contribution in [1.29, 1.82) is 0 Å². The Morgan fingerprint density at radius 2 is 1.78 bits per heavy atom. The van der Waals surface area contributed by atoms with Crippen molar-refractivity contribution < 1.29 is 4.39 Å². The zero-order valence-corrected chi connectivity index (χ0v) is 17.2. The van der Waals surface area contributed by atoms with Gasteiger partial charge in [-0.3, -0.25) is 9.47 Å². The van der Waals surface area contributed by atoms with Crippen LogP contribution in [-0.2, 0) is 5.75 Å². The zero-order chi connectivity index (χ0) is 19.6. The standard InChI is InChI=1S/C21H25FN4S/c1-14-6-7-15(2)17(12-14)13-27-21-24-23-20(16(3)25(4)5)26(21)19-10-8-18(22)9-11-19/h6-12,16H,13H2,1-5H3/t16-/m1/s1. The van der Waals surface area contributed by atoms with Gasteiger partial charge in [-0.1, -0.05) is 35.5 Å². The van der Waals surface area contributed by atoms with Crippen LogP contribution < -0.4 is 0 Å². The molecular formula is C21H25FN4S. The predicted molar refractivity (Wildman–Crippen MR) is 109 cm³/mol. The van der Waals surface area contributed by atoms with E-state index in [1.165, 1.54) is 28.8 Å². The second-order valence-electron chi connectivity index (χ2n) is 7.01. The summed E-state index contributed by atoms with van der Waals surface area (Å²) in [5, 5.41) is 9.70. The molecule has 0 fully saturated rings. The number of aromatic nitrogens is 3. The van der Waals surface area contributed by atoms with E-state index in [1.807, 2.05) is 18.7 Å². The molecular weight excluding hydrogens is 359 g/mol. The highest BCUT2D eigenvalue weighted by Gasteiger charge is 2.21. The summed E-state index contributed by atoms with van der Waals surface area (Å²) in [6.07, 6.45) is 0. The van der Waals surface area contributed by atoms with E-state index in [0.717, 1.165) is 22.4 Å². The van der Waals surface area contributed by atoms with E-state index in [4.69, 9.17) is 0 Å². The molecule has 0 N–H and O–H groups in total. The van der Waals surface area contributed by atoms with Crippen molar-refractivity contribution in [3.05, 3.63) is 70.8 Å². The molecule has 142 valence electrons. The van der Waals surface area contributed by atoms with Crippen LogP contribution in [0.15, 0.2) is 47.6 Å². The van der Waals surface area contributed by atoms with Crippen LogP contribution >= 0.6 is 11.8 Å². The maximum atomic E-state index is 13.4. The molecule has 3 aromatic rings. The molecule has 4 nitrogen and oxygen atoms in total. The highest BCUT2D eigenvalue weighted by Crippen LogP contribution is 2.29. The number of nitrogens with zero attached hydrogens (tertiary/aromatic N) is 4. The average Bonchev–Trinajstić information content (AvgIpc) is 3.06. The van der Waals surface area contributed by atoms with E-state index in [1.54, 1.807) is 23.9 Å². The summed E-state index contributed by atoms with van der Waals surface area (Å²) in [5.41, 5.74) is 4.67. The Balaban J connectivity index is 1.97. The number of halogens is 1. The second kappa shape index (κ2) is 8.23. The van der Waals surface area contributed by atoms with E-state index in [-0.39, 0.29) is 11.9 Å². The minimum Gasteiger partial charge on any atom is -0.300 e. The quantitative estimate of drug-likeness (QED) is 0.564. The maximum absolute atomic E-state index is 13.4. The summed E-state index contributed by atoms with van der Waals surface area (Å²) in [5.74, 6) is 1.40. The predicted octanol–water partition coefficient (Wildman–Crippen LogP) is 4.94. The lowest BCUT2D eigenvalue weighted by atomic mass is 10.1. The van der Waals surface area contributed by atoms with Gasteiger partial charge in [0.1, 0.15) is 5.82 Å². The number of rotatable bonds is 6. The maximum Gasteiger partial charge on any atom is 0.196 e. The second-order valence-corrected chi connectivity index (χ2v) is 7.95. The fourth-order valence-corrected chi connectivity index (χ4v) is 3.83. The number of hydrogen-bond acceptors (Lipinski definition) is 4. The lowest BCUT2D eigenvalue weighted by Crippen LogP contribution is -2.20. The van der Waals surface area contributed by atoms with Crippen molar-refractivity contribution in [2.45, 2.75) is 37.7 Å². The fraction of sp³-hybridized carbons (Fsp3) is 0.333. The van der Waals surface area contributed by atoms with Crippen LogP contribution in [0.25, 0.3) is 5.69 Å². The first-order valence-corrected chi connectivity index (χ1v) is 9.92. The molecule has 0 aliphatic heterocycles. The Labute approximate surface area is 164 Å². The summed E-state index contributed by atoms with van der Waals surface area (Å²) in [4.78, 5) is 2.09. The topological polar surface area (TPSA) is 34.0 Å². The molecule has 0 saturated carbocycles. The van der Waals surface area contributed by atoms with Gasteiger partial charge in [0.15, 0.2) is 11.0 Å². The molecule has 27 heavy (non-hydrogen) atoms. The number of thioether (sulfide) groups is 1. The molecule has 0 aliphatic rings. The lowest BCUT2D eigenvalue weighted by Gasteiger charge is -2.20. The van der Waals surface area contributed by atoms with Crippen molar-refractivity contribution in [2.24, 2.45) is 0 Å². The van der Waals surface area contributed by atoms with Crippen LogP contribution in [0.3, 0.4) is 0 Å². The van der Waals surface area contributed by atoms with Crippen molar-refractivity contribution >= 4 is 11.8 Å². The summed E-state index contributed by atoms with van der Waals surface area (Å²) < 4.78 is 15.4. The molecule has 0 spiro atoms. The monoisotopic (exact) mass is 384 g/mol. The number of hydrogen-bond donors (Lipinski definition) is 0. The lowest BCUT2D eigenvalue weighted by molar-refractivity contribution is 0.305. The molecule has 0 radical (unpaired) electrons. The Bertz CT molecular complexity index is 918. The van der Waals surface area contributed by atoms with Gasteiger partial charge in [0.05, 0.1) is 6.04 Å². The van der Waals surface area contributed by atoms with Gasteiger partial charge in [-0.15, -0.1) is 10.2 Å². The molecule has 1 heterocycles. The molecule has 1 atom stereocenters. The first-order chi connectivity index (χ1) is 12.9. The summed E-state index contributed by atoms with van der Waals surface area (Å²) in [6.45, 7) is 6.31. The first-order valence-electron chi connectivity index (χ1n) is 8.93. The van der Waals surface area contributed by atoms with Crippen molar-refractivity contribution in [1.82, 2.24) is 19.7 Å². The third-order valence-corrected chi connectivity index (χ3v) is 5.73. The Morgan fingerprint density at radius 1 is 1.07 bits per heavy atom. The van der Waals surface area contributed by atoms with E-state index in [9.17, 15) is 4.39 Å². The fourth-order valence-electron chi connectivity index (χ4n) is 2.81. The van der Waals surface area contributed by atoms with Gasteiger partial charge >= 0.3 is 0 Å². The van der Waals surface area contributed by atoms with E-state index < -0.39 is 0 Å². The van der Waals surface area contributed by atoms with Crippen molar-refractivity contribution in [3.8, 4) is 5.69 Å². The Kier molecular flexibility index (Phi) is 5.97. The van der Waals surface area contributed by atoms with E-state index in [2.05, 4.69) is 54.1 Å². The molecule has 0 aliphatic carbocycles.